The molecule has 1 saturated heterocycles. The molecule has 2 unspecified atom stereocenters. The summed E-state index contributed by atoms with van der Waals surface area (Å²) in [5.41, 5.74) is 0. The van der Waals surface area contributed by atoms with E-state index in [9.17, 15) is 4.79 Å². The third-order valence-corrected chi connectivity index (χ3v) is 4.01. The second-order valence-electron chi connectivity index (χ2n) is 5.66. The average molecular weight is 238 g/mol. The summed E-state index contributed by atoms with van der Waals surface area (Å²) in [6.07, 6.45) is 8.49. The predicted molar refractivity (Wildman–Crippen MR) is 69.9 cm³/mol. The van der Waals surface area contributed by atoms with Crippen LogP contribution in [-0.2, 0) is 4.79 Å². The molecule has 1 amide bonds. The fraction of sp³-hybridized carbons (Fsp3) is 0.929. The van der Waals surface area contributed by atoms with E-state index < -0.39 is 0 Å². The Bertz CT molecular complexity index is 263. The van der Waals surface area contributed by atoms with Gasteiger partial charge in [-0.05, 0) is 32.6 Å². The first kappa shape index (κ1) is 12.9. The van der Waals surface area contributed by atoms with Crippen LogP contribution < -0.4 is 5.32 Å². The summed E-state index contributed by atoms with van der Waals surface area (Å²) in [5, 5.41) is 3.46. The van der Waals surface area contributed by atoms with Gasteiger partial charge in [-0.3, -0.25) is 4.79 Å². The third-order valence-electron chi connectivity index (χ3n) is 4.01. The normalized spacial score (nSPS) is 26.6. The lowest BCUT2D eigenvalue weighted by Gasteiger charge is -2.25. The van der Waals surface area contributed by atoms with Crippen LogP contribution in [0.4, 0.5) is 0 Å². The molecule has 2 rings (SSSR count). The van der Waals surface area contributed by atoms with Crippen LogP contribution in [0.1, 0.15) is 58.8 Å². The Labute approximate surface area is 105 Å². The van der Waals surface area contributed by atoms with Gasteiger partial charge in [0.15, 0.2) is 0 Å². The van der Waals surface area contributed by atoms with E-state index >= 15 is 0 Å². The minimum atomic E-state index is 0.121. The highest BCUT2D eigenvalue weighted by Crippen LogP contribution is 2.24. The molecule has 3 nitrogen and oxygen atoms in total. The van der Waals surface area contributed by atoms with Crippen LogP contribution >= 0.6 is 0 Å². The molecule has 0 spiro atoms. The van der Waals surface area contributed by atoms with E-state index in [0.29, 0.717) is 18.0 Å². The molecule has 0 aromatic carbocycles. The lowest BCUT2D eigenvalue weighted by Crippen LogP contribution is -2.42. The van der Waals surface area contributed by atoms with Gasteiger partial charge in [-0.1, -0.05) is 26.2 Å². The van der Waals surface area contributed by atoms with Crippen molar-refractivity contribution in [1.82, 2.24) is 10.2 Å². The van der Waals surface area contributed by atoms with Crippen molar-refractivity contribution in [2.45, 2.75) is 76.9 Å². The van der Waals surface area contributed by atoms with E-state index in [2.05, 4.69) is 24.1 Å². The summed E-state index contributed by atoms with van der Waals surface area (Å²) in [4.78, 5) is 14.3. The quantitative estimate of drug-likeness (QED) is 0.690. The number of rotatable bonds is 7. The highest BCUT2D eigenvalue weighted by atomic mass is 16.2. The van der Waals surface area contributed by atoms with Crippen molar-refractivity contribution >= 4 is 5.91 Å². The molecule has 1 N–H and O–H groups in total. The van der Waals surface area contributed by atoms with Crippen LogP contribution in [0, 0.1) is 0 Å². The molecular weight excluding hydrogens is 212 g/mol. The zero-order chi connectivity index (χ0) is 12.3. The standard InChI is InChI=1S/C14H26N2O/c1-3-4-5-6-11(2)16-10-9-13(14(16)17)15-12-7-8-12/h11-13,15H,3-10H2,1-2H3. The fourth-order valence-corrected chi connectivity index (χ4v) is 2.67. The lowest BCUT2D eigenvalue weighted by molar-refractivity contribution is -0.131. The smallest absolute Gasteiger partial charge is 0.240 e. The summed E-state index contributed by atoms with van der Waals surface area (Å²) in [5.74, 6) is 0.348. The van der Waals surface area contributed by atoms with Crippen LogP contribution in [0.25, 0.3) is 0 Å². The van der Waals surface area contributed by atoms with E-state index in [-0.39, 0.29) is 6.04 Å². The molecule has 17 heavy (non-hydrogen) atoms. The Morgan fingerprint density at radius 1 is 1.35 bits per heavy atom. The number of nitrogens with one attached hydrogen (secondary N) is 1. The molecule has 2 atom stereocenters. The Kier molecular flexibility index (Phi) is 4.43. The van der Waals surface area contributed by atoms with Crippen molar-refractivity contribution in [3.8, 4) is 0 Å². The summed E-state index contributed by atoms with van der Waals surface area (Å²) < 4.78 is 0. The van der Waals surface area contributed by atoms with Crippen molar-refractivity contribution in [1.29, 1.82) is 0 Å². The Balaban J connectivity index is 1.75. The maximum atomic E-state index is 12.2. The van der Waals surface area contributed by atoms with Gasteiger partial charge in [-0.2, -0.15) is 0 Å². The molecule has 0 aromatic rings. The monoisotopic (exact) mass is 238 g/mol. The van der Waals surface area contributed by atoms with Crippen LogP contribution in [0.3, 0.4) is 0 Å². The number of nitrogens with zero attached hydrogens (tertiary/aromatic N) is 1. The maximum Gasteiger partial charge on any atom is 0.240 e. The molecule has 0 bridgehead atoms. The number of carbonyl (C=O) groups excluding carboxylic acids is 1. The van der Waals surface area contributed by atoms with Gasteiger partial charge in [0.2, 0.25) is 5.91 Å². The molecule has 2 aliphatic rings. The first-order valence-electron chi connectivity index (χ1n) is 7.29. The van der Waals surface area contributed by atoms with E-state index in [1.807, 2.05) is 0 Å². The minimum Gasteiger partial charge on any atom is -0.339 e. The zero-order valence-electron chi connectivity index (χ0n) is 11.2. The number of carbonyl (C=O) groups is 1. The molecule has 3 heteroatoms. The number of hydrogen-bond donors (Lipinski definition) is 1. The average Bonchev–Trinajstić information content (AvgIpc) is 3.05. The molecule has 2 fully saturated rings. The first-order chi connectivity index (χ1) is 8.22. The zero-order valence-corrected chi connectivity index (χ0v) is 11.2. The van der Waals surface area contributed by atoms with Crippen molar-refractivity contribution in [3.63, 3.8) is 0 Å². The van der Waals surface area contributed by atoms with Crippen LogP contribution in [-0.4, -0.2) is 35.5 Å². The Morgan fingerprint density at radius 2 is 2.12 bits per heavy atom. The van der Waals surface area contributed by atoms with Gasteiger partial charge < -0.3 is 10.2 Å². The topological polar surface area (TPSA) is 32.3 Å². The molecular formula is C14H26N2O. The molecule has 1 saturated carbocycles. The second kappa shape index (κ2) is 5.85. The SMILES string of the molecule is CCCCCC(C)N1CCC(NC2CC2)C1=O. The minimum absolute atomic E-state index is 0.121. The highest BCUT2D eigenvalue weighted by Gasteiger charge is 2.37. The Morgan fingerprint density at radius 3 is 2.76 bits per heavy atom. The molecule has 1 heterocycles. The maximum absolute atomic E-state index is 12.2. The summed E-state index contributed by atoms with van der Waals surface area (Å²) >= 11 is 0. The molecule has 1 aliphatic carbocycles. The number of unbranched alkanes of at least 4 members (excludes halogenated alkanes) is 2. The number of likely N-dealkylation sites (tertiary alicyclic amines) is 1. The number of amides is 1. The van der Waals surface area contributed by atoms with Gasteiger partial charge >= 0.3 is 0 Å². The first-order valence-corrected chi connectivity index (χ1v) is 7.29. The summed E-state index contributed by atoms with van der Waals surface area (Å²) in [7, 11) is 0. The van der Waals surface area contributed by atoms with Crippen molar-refractivity contribution in [2.75, 3.05) is 6.54 Å². The lowest BCUT2D eigenvalue weighted by atomic mass is 10.1. The van der Waals surface area contributed by atoms with Gasteiger partial charge in [0.05, 0.1) is 6.04 Å². The largest absolute Gasteiger partial charge is 0.339 e. The van der Waals surface area contributed by atoms with Gasteiger partial charge in [-0.25, -0.2) is 0 Å². The van der Waals surface area contributed by atoms with E-state index in [1.54, 1.807) is 0 Å². The highest BCUT2D eigenvalue weighted by molar-refractivity contribution is 5.84. The van der Waals surface area contributed by atoms with Crippen LogP contribution in [0.15, 0.2) is 0 Å². The second-order valence-corrected chi connectivity index (χ2v) is 5.66. The van der Waals surface area contributed by atoms with Crippen LogP contribution in [0.2, 0.25) is 0 Å². The predicted octanol–water partition coefficient (Wildman–Crippen LogP) is 2.31. The Hall–Kier alpha value is -0.570. The van der Waals surface area contributed by atoms with E-state index in [4.69, 9.17) is 0 Å². The van der Waals surface area contributed by atoms with Gasteiger partial charge in [0.1, 0.15) is 0 Å². The van der Waals surface area contributed by atoms with E-state index in [0.717, 1.165) is 19.4 Å². The van der Waals surface area contributed by atoms with E-state index in [1.165, 1.54) is 32.1 Å². The van der Waals surface area contributed by atoms with Crippen molar-refractivity contribution in [2.24, 2.45) is 0 Å². The van der Waals surface area contributed by atoms with Gasteiger partial charge in [0, 0.05) is 18.6 Å². The van der Waals surface area contributed by atoms with Crippen molar-refractivity contribution in [3.05, 3.63) is 0 Å². The fourth-order valence-electron chi connectivity index (χ4n) is 2.67. The van der Waals surface area contributed by atoms with Gasteiger partial charge in [0.25, 0.3) is 0 Å². The van der Waals surface area contributed by atoms with Crippen LogP contribution in [0.5, 0.6) is 0 Å². The van der Waals surface area contributed by atoms with Gasteiger partial charge in [-0.15, -0.1) is 0 Å². The molecule has 1 aliphatic heterocycles. The molecule has 0 aromatic heterocycles. The summed E-state index contributed by atoms with van der Waals surface area (Å²) in [6.45, 7) is 5.38. The molecule has 98 valence electrons. The molecule has 0 radical (unpaired) electrons. The number of hydrogen-bond acceptors (Lipinski definition) is 2. The third kappa shape index (κ3) is 3.44. The van der Waals surface area contributed by atoms with Crippen molar-refractivity contribution < 1.29 is 4.79 Å². The summed E-state index contributed by atoms with van der Waals surface area (Å²) in [6, 6.07) is 1.19.